The van der Waals surface area contributed by atoms with Crippen LogP contribution in [0.25, 0.3) is 0 Å². The van der Waals surface area contributed by atoms with E-state index >= 15 is 0 Å². The van der Waals surface area contributed by atoms with Crippen LogP contribution in [0.3, 0.4) is 0 Å². The Bertz CT molecular complexity index is 340. The van der Waals surface area contributed by atoms with Gasteiger partial charge in [0.25, 0.3) is 0 Å². The van der Waals surface area contributed by atoms with Crippen molar-refractivity contribution in [3.05, 3.63) is 24.3 Å². The summed E-state index contributed by atoms with van der Waals surface area (Å²) in [6, 6.07) is 6.11. The molecular weight excluding hydrogens is 186 g/mol. The number of hydrogen-bond donors (Lipinski definition) is 1. The van der Waals surface area contributed by atoms with Gasteiger partial charge in [-0.3, -0.25) is 0 Å². The number of benzene rings is 1. The summed E-state index contributed by atoms with van der Waals surface area (Å²) in [7, 11) is -3.08. The molecule has 3 nitrogen and oxygen atoms in total. The maximum absolute atomic E-state index is 10.9. The Labute approximate surface area is 79.5 Å². The zero-order valence-electron chi connectivity index (χ0n) is 8.11. The highest BCUT2D eigenvalue weighted by atomic mass is 32.2. The maximum Gasteiger partial charge on any atom is 0.175 e. The third-order valence-corrected chi connectivity index (χ3v) is 2.44. The molecule has 0 unspecified atom stereocenters. The van der Waals surface area contributed by atoms with Crippen molar-refractivity contribution < 1.29 is 8.42 Å². The Hall–Kier alpha value is -1.03. The lowest BCUT2D eigenvalue weighted by molar-refractivity contribution is 0.602. The van der Waals surface area contributed by atoms with E-state index in [4.69, 9.17) is 5.73 Å². The van der Waals surface area contributed by atoms with Gasteiger partial charge >= 0.3 is 0 Å². The molecule has 0 spiro atoms. The Kier molecular flexibility index (Phi) is 4.48. The van der Waals surface area contributed by atoms with E-state index in [9.17, 15) is 8.42 Å². The first-order chi connectivity index (χ1) is 6.00. The van der Waals surface area contributed by atoms with E-state index in [-0.39, 0.29) is 0 Å². The van der Waals surface area contributed by atoms with Gasteiger partial charge < -0.3 is 5.73 Å². The van der Waals surface area contributed by atoms with Crippen LogP contribution < -0.4 is 5.73 Å². The highest BCUT2D eigenvalue weighted by molar-refractivity contribution is 7.90. The second-order valence-corrected chi connectivity index (χ2v) is 4.36. The summed E-state index contributed by atoms with van der Waals surface area (Å²) in [6.45, 7) is 4.00. The van der Waals surface area contributed by atoms with E-state index < -0.39 is 9.84 Å². The van der Waals surface area contributed by atoms with Gasteiger partial charge in [0.05, 0.1) is 4.90 Å². The summed E-state index contributed by atoms with van der Waals surface area (Å²) in [6.07, 6.45) is 1.17. The largest absolute Gasteiger partial charge is 0.399 e. The summed E-state index contributed by atoms with van der Waals surface area (Å²) in [5.41, 5.74) is 5.94. The smallest absolute Gasteiger partial charge is 0.175 e. The molecular formula is C9H15NO2S. The average molecular weight is 201 g/mol. The molecule has 0 atom stereocenters. The number of nitrogens with two attached hydrogens (primary N) is 1. The quantitative estimate of drug-likeness (QED) is 0.703. The maximum atomic E-state index is 10.9. The summed E-state index contributed by atoms with van der Waals surface area (Å²) in [5, 5.41) is 0. The first-order valence-corrected chi connectivity index (χ1v) is 5.95. The molecule has 0 aromatic heterocycles. The van der Waals surface area contributed by atoms with E-state index in [2.05, 4.69) is 0 Å². The van der Waals surface area contributed by atoms with Crippen molar-refractivity contribution in [2.45, 2.75) is 18.7 Å². The number of sulfone groups is 1. The zero-order valence-corrected chi connectivity index (χ0v) is 8.93. The fourth-order valence-electron chi connectivity index (χ4n) is 0.715. The molecule has 0 amide bonds. The molecule has 0 heterocycles. The van der Waals surface area contributed by atoms with E-state index in [1.807, 2.05) is 13.8 Å². The van der Waals surface area contributed by atoms with Gasteiger partial charge in [-0.15, -0.1) is 0 Å². The molecule has 74 valence electrons. The van der Waals surface area contributed by atoms with Crippen LogP contribution in [0.5, 0.6) is 0 Å². The van der Waals surface area contributed by atoms with Crippen molar-refractivity contribution in [2.75, 3.05) is 12.0 Å². The third kappa shape index (κ3) is 3.94. The van der Waals surface area contributed by atoms with Gasteiger partial charge in [0.2, 0.25) is 0 Å². The minimum Gasteiger partial charge on any atom is -0.399 e. The molecule has 1 rings (SSSR count). The summed E-state index contributed by atoms with van der Waals surface area (Å²) >= 11 is 0. The lowest BCUT2D eigenvalue weighted by Crippen LogP contribution is -1.96. The first-order valence-electron chi connectivity index (χ1n) is 4.06. The molecule has 0 fully saturated rings. The molecule has 0 saturated heterocycles. The van der Waals surface area contributed by atoms with E-state index in [0.717, 1.165) is 0 Å². The Morgan fingerprint density at radius 1 is 1.08 bits per heavy atom. The van der Waals surface area contributed by atoms with Crippen molar-refractivity contribution >= 4 is 15.5 Å². The van der Waals surface area contributed by atoms with Crippen LogP contribution in [-0.2, 0) is 9.84 Å². The summed E-state index contributed by atoms with van der Waals surface area (Å²) in [4.78, 5) is 0.298. The van der Waals surface area contributed by atoms with Gasteiger partial charge in [-0.1, -0.05) is 13.8 Å². The van der Waals surface area contributed by atoms with Gasteiger partial charge in [-0.25, -0.2) is 8.42 Å². The molecule has 2 N–H and O–H groups in total. The van der Waals surface area contributed by atoms with Crippen LogP contribution in [0, 0.1) is 0 Å². The SMILES string of the molecule is CC.CS(=O)(=O)c1ccc(N)cc1. The van der Waals surface area contributed by atoms with E-state index in [1.165, 1.54) is 18.4 Å². The van der Waals surface area contributed by atoms with Gasteiger partial charge in [0.1, 0.15) is 0 Å². The Morgan fingerprint density at radius 3 is 1.77 bits per heavy atom. The van der Waals surface area contributed by atoms with Crippen molar-refractivity contribution in [3.8, 4) is 0 Å². The van der Waals surface area contributed by atoms with Crippen molar-refractivity contribution in [2.24, 2.45) is 0 Å². The lowest BCUT2D eigenvalue weighted by atomic mass is 10.3. The number of rotatable bonds is 1. The molecule has 0 aliphatic rings. The van der Waals surface area contributed by atoms with Crippen molar-refractivity contribution in [1.29, 1.82) is 0 Å². The molecule has 0 bridgehead atoms. The molecule has 1 aromatic carbocycles. The van der Waals surface area contributed by atoms with Crippen molar-refractivity contribution in [3.63, 3.8) is 0 Å². The molecule has 1 aromatic rings. The van der Waals surface area contributed by atoms with Gasteiger partial charge in [0.15, 0.2) is 9.84 Å². The van der Waals surface area contributed by atoms with Gasteiger partial charge in [-0.2, -0.15) is 0 Å². The summed E-state index contributed by atoms with van der Waals surface area (Å²) in [5.74, 6) is 0. The molecule has 13 heavy (non-hydrogen) atoms. The predicted molar refractivity (Wildman–Crippen MR) is 55.3 cm³/mol. The van der Waals surface area contributed by atoms with Crippen LogP contribution in [0.4, 0.5) is 5.69 Å². The van der Waals surface area contributed by atoms with Crippen molar-refractivity contribution in [1.82, 2.24) is 0 Å². The first kappa shape index (κ1) is 12.0. The fourth-order valence-corrected chi connectivity index (χ4v) is 1.35. The zero-order chi connectivity index (χ0) is 10.5. The van der Waals surface area contributed by atoms with E-state index in [0.29, 0.717) is 10.6 Å². The Balaban J connectivity index is 0.000000671. The van der Waals surface area contributed by atoms with Gasteiger partial charge in [0, 0.05) is 11.9 Å². The number of nitrogen functional groups attached to an aromatic ring is 1. The number of hydrogen-bond acceptors (Lipinski definition) is 3. The Morgan fingerprint density at radius 2 is 1.46 bits per heavy atom. The van der Waals surface area contributed by atoms with Crippen LogP contribution in [-0.4, -0.2) is 14.7 Å². The standard InChI is InChI=1S/C7H9NO2S.C2H6/c1-11(9,10)7-4-2-6(8)3-5-7;1-2/h2-5H,8H2,1H3;1-2H3. The number of anilines is 1. The fraction of sp³-hybridized carbons (Fsp3) is 0.333. The minimum absolute atomic E-state index is 0.298. The lowest BCUT2D eigenvalue weighted by Gasteiger charge is -1.96. The normalized spacial score (nSPS) is 10.1. The van der Waals surface area contributed by atoms with Gasteiger partial charge in [-0.05, 0) is 24.3 Å². The van der Waals surface area contributed by atoms with E-state index in [1.54, 1.807) is 12.1 Å². The molecule has 0 saturated carbocycles. The molecule has 0 radical (unpaired) electrons. The average Bonchev–Trinajstić information content (AvgIpc) is 2.07. The minimum atomic E-state index is -3.08. The van der Waals surface area contributed by atoms with Crippen LogP contribution in [0.1, 0.15) is 13.8 Å². The third-order valence-electron chi connectivity index (χ3n) is 1.31. The second-order valence-electron chi connectivity index (χ2n) is 2.34. The highest BCUT2D eigenvalue weighted by Crippen LogP contribution is 2.10. The monoisotopic (exact) mass is 201 g/mol. The molecule has 0 aliphatic carbocycles. The molecule has 0 aliphatic heterocycles. The summed E-state index contributed by atoms with van der Waals surface area (Å²) < 4.78 is 21.8. The highest BCUT2D eigenvalue weighted by Gasteiger charge is 2.04. The molecule has 4 heteroatoms. The van der Waals surface area contributed by atoms with Crippen LogP contribution in [0.2, 0.25) is 0 Å². The predicted octanol–water partition coefficient (Wildman–Crippen LogP) is 1.70. The van der Waals surface area contributed by atoms with Crippen LogP contribution >= 0.6 is 0 Å². The topological polar surface area (TPSA) is 60.2 Å². The second kappa shape index (κ2) is 4.87. The van der Waals surface area contributed by atoms with Crippen LogP contribution in [0.15, 0.2) is 29.2 Å².